The van der Waals surface area contributed by atoms with Gasteiger partial charge < -0.3 is 10.0 Å². The summed E-state index contributed by atoms with van der Waals surface area (Å²) < 4.78 is 2.29. The molecule has 1 atom stereocenters. The van der Waals surface area contributed by atoms with E-state index in [-0.39, 0.29) is 5.56 Å². The first-order chi connectivity index (χ1) is 10.0. The van der Waals surface area contributed by atoms with Crippen LogP contribution in [0.1, 0.15) is 42.7 Å². The van der Waals surface area contributed by atoms with E-state index in [0.29, 0.717) is 10.2 Å². The molecule has 114 valence electrons. The average molecular weight is 307 g/mol. The highest BCUT2D eigenvalue weighted by atomic mass is 32.1. The number of hydrogen-bond acceptors (Lipinski definition) is 5. The molecule has 5 nitrogen and oxygen atoms in total. The van der Waals surface area contributed by atoms with E-state index in [1.165, 1.54) is 17.8 Å². The number of aryl methyl sites for hydroxylation is 1. The molecule has 0 radical (unpaired) electrons. The lowest BCUT2D eigenvalue weighted by Crippen LogP contribution is -2.35. The average Bonchev–Trinajstić information content (AvgIpc) is 2.80. The van der Waals surface area contributed by atoms with Crippen LogP contribution in [0.4, 0.5) is 5.95 Å². The normalized spacial score (nSPS) is 17.4. The Morgan fingerprint density at radius 1 is 1.29 bits per heavy atom. The van der Waals surface area contributed by atoms with Crippen molar-refractivity contribution in [3.05, 3.63) is 20.8 Å². The molecule has 1 N–H and O–H groups in total. The highest BCUT2D eigenvalue weighted by molar-refractivity contribution is 7.19. The molecule has 1 aliphatic heterocycles. The van der Waals surface area contributed by atoms with E-state index >= 15 is 0 Å². The smallest absolute Gasteiger partial charge is 0.272 e. The van der Waals surface area contributed by atoms with Gasteiger partial charge in [0.2, 0.25) is 5.95 Å². The van der Waals surface area contributed by atoms with Gasteiger partial charge in [-0.2, -0.15) is 0 Å². The van der Waals surface area contributed by atoms with Gasteiger partial charge in [-0.15, -0.1) is 11.3 Å². The van der Waals surface area contributed by atoms with Crippen LogP contribution in [0, 0.1) is 6.92 Å². The highest BCUT2D eigenvalue weighted by Crippen LogP contribution is 2.33. The summed E-state index contributed by atoms with van der Waals surface area (Å²) in [4.78, 5) is 20.5. The lowest BCUT2D eigenvalue weighted by atomic mass is 10.1. The van der Waals surface area contributed by atoms with E-state index in [1.54, 1.807) is 18.5 Å². The zero-order chi connectivity index (χ0) is 15.1. The number of rotatable bonds is 2. The first kappa shape index (κ1) is 14.5. The molecule has 21 heavy (non-hydrogen) atoms. The Morgan fingerprint density at radius 3 is 2.57 bits per heavy atom. The Kier molecular flexibility index (Phi) is 3.75. The summed E-state index contributed by atoms with van der Waals surface area (Å²) in [6.45, 7) is 5.56. The van der Waals surface area contributed by atoms with E-state index in [1.807, 2.05) is 6.92 Å². The zero-order valence-corrected chi connectivity index (χ0v) is 13.5. The van der Waals surface area contributed by atoms with Crippen LogP contribution in [0.3, 0.4) is 0 Å². The van der Waals surface area contributed by atoms with Crippen LogP contribution in [0.25, 0.3) is 10.2 Å². The molecule has 2 aromatic heterocycles. The number of thiophene rings is 1. The Morgan fingerprint density at radius 2 is 1.95 bits per heavy atom. The Balaban J connectivity index is 2.24. The fraction of sp³-hybridized carbons (Fsp3) is 0.600. The van der Waals surface area contributed by atoms with Gasteiger partial charge in [0.05, 0.1) is 11.6 Å². The fourth-order valence-corrected chi connectivity index (χ4v) is 4.25. The number of aliphatic hydroxyl groups is 1. The minimum absolute atomic E-state index is 0.0134. The van der Waals surface area contributed by atoms with Crippen LogP contribution < -0.4 is 10.5 Å². The van der Waals surface area contributed by atoms with Crippen molar-refractivity contribution in [2.75, 3.05) is 18.0 Å². The molecule has 1 aliphatic rings. The van der Waals surface area contributed by atoms with E-state index in [0.717, 1.165) is 42.3 Å². The summed E-state index contributed by atoms with van der Waals surface area (Å²) in [5.74, 6) is 0.729. The van der Waals surface area contributed by atoms with Gasteiger partial charge in [-0.1, -0.05) is 0 Å². The Labute approximate surface area is 127 Å². The third kappa shape index (κ3) is 2.36. The van der Waals surface area contributed by atoms with Crippen molar-refractivity contribution in [2.24, 2.45) is 7.05 Å². The second-order valence-electron chi connectivity index (χ2n) is 5.75. The molecule has 1 saturated heterocycles. The minimum Gasteiger partial charge on any atom is -0.389 e. The monoisotopic (exact) mass is 307 g/mol. The summed E-state index contributed by atoms with van der Waals surface area (Å²) in [6, 6.07) is 0. The molecule has 3 heterocycles. The van der Waals surface area contributed by atoms with Crippen molar-refractivity contribution in [3.8, 4) is 0 Å². The maximum absolute atomic E-state index is 12.6. The van der Waals surface area contributed by atoms with E-state index in [2.05, 4.69) is 4.90 Å². The largest absolute Gasteiger partial charge is 0.389 e. The summed E-state index contributed by atoms with van der Waals surface area (Å²) in [6.07, 6.45) is 2.91. The van der Waals surface area contributed by atoms with Gasteiger partial charge in [-0.05, 0) is 33.1 Å². The summed E-state index contributed by atoms with van der Waals surface area (Å²) >= 11 is 1.43. The van der Waals surface area contributed by atoms with Crippen molar-refractivity contribution in [1.82, 2.24) is 9.55 Å². The van der Waals surface area contributed by atoms with Crippen molar-refractivity contribution in [1.29, 1.82) is 0 Å². The predicted molar refractivity (Wildman–Crippen MR) is 86.3 cm³/mol. The molecule has 0 aliphatic carbocycles. The number of aliphatic hydroxyl groups excluding tert-OH is 1. The summed E-state index contributed by atoms with van der Waals surface area (Å²) in [5.41, 5.74) is 1.46. The number of hydrogen-bond donors (Lipinski definition) is 1. The Hall–Kier alpha value is -1.40. The number of anilines is 1. The molecule has 0 saturated carbocycles. The number of aromatic nitrogens is 2. The number of fused-ring (bicyclic) bond motifs is 1. The third-order valence-electron chi connectivity index (χ3n) is 4.17. The lowest BCUT2D eigenvalue weighted by molar-refractivity contribution is 0.200. The molecule has 0 amide bonds. The summed E-state index contributed by atoms with van der Waals surface area (Å²) in [5, 5.41) is 10.00. The number of piperidine rings is 1. The maximum Gasteiger partial charge on any atom is 0.272 e. The minimum atomic E-state index is -0.604. The van der Waals surface area contributed by atoms with Crippen LogP contribution in [0.15, 0.2) is 4.79 Å². The molecule has 1 fully saturated rings. The second-order valence-corrected chi connectivity index (χ2v) is 6.97. The first-order valence-electron chi connectivity index (χ1n) is 7.43. The van der Waals surface area contributed by atoms with Gasteiger partial charge in [0.25, 0.3) is 5.56 Å². The molecule has 0 bridgehead atoms. The van der Waals surface area contributed by atoms with Gasteiger partial charge in [0.15, 0.2) is 0 Å². The first-order valence-corrected chi connectivity index (χ1v) is 8.25. The van der Waals surface area contributed by atoms with Gasteiger partial charge >= 0.3 is 0 Å². The lowest BCUT2D eigenvalue weighted by Gasteiger charge is -2.28. The standard InChI is InChI=1S/C15H21N3O2S/c1-9(19)11-10(2)21-13-12(11)16-15(17(3)14(13)20)18-7-5-4-6-8-18/h9,19H,4-8H2,1-3H3. The van der Waals surface area contributed by atoms with Crippen LogP contribution >= 0.6 is 11.3 Å². The Bertz CT molecular complexity index is 727. The van der Waals surface area contributed by atoms with Crippen LogP contribution in [-0.4, -0.2) is 27.7 Å². The maximum atomic E-state index is 12.6. The number of nitrogens with zero attached hydrogens (tertiary/aromatic N) is 3. The van der Waals surface area contributed by atoms with E-state index in [4.69, 9.17) is 4.98 Å². The van der Waals surface area contributed by atoms with Crippen LogP contribution in [0.2, 0.25) is 0 Å². The van der Waals surface area contributed by atoms with Crippen molar-refractivity contribution >= 4 is 27.5 Å². The fourth-order valence-electron chi connectivity index (χ4n) is 3.09. The predicted octanol–water partition coefficient (Wildman–Crippen LogP) is 2.35. The quantitative estimate of drug-likeness (QED) is 0.925. The second kappa shape index (κ2) is 5.42. The van der Waals surface area contributed by atoms with E-state index in [9.17, 15) is 9.90 Å². The van der Waals surface area contributed by atoms with Crippen molar-refractivity contribution < 1.29 is 5.11 Å². The van der Waals surface area contributed by atoms with Gasteiger partial charge in [0.1, 0.15) is 4.70 Å². The third-order valence-corrected chi connectivity index (χ3v) is 5.27. The molecule has 2 aromatic rings. The SMILES string of the molecule is Cc1sc2c(=O)n(C)c(N3CCCCC3)nc2c1C(C)O. The van der Waals surface area contributed by atoms with Gasteiger partial charge in [-0.3, -0.25) is 9.36 Å². The van der Waals surface area contributed by atoms with Gasteiger partial charge in [-0.25, -0.2) is 4.98 Å². The zero-order valence-electron chi connectivity index (χ0n) is 12.7. The molecule has 3 rings (SSSR count). The van der Waals surface area contributed by atoms with Gasteiger partial charge in [0, 0.05) is 30.6 Å². The molecule has 1 unspecified atom stereocenters. The van der Waals surface area contributed by atoms with Crippen molar-refractivity contribution in [3.63, 3.8) is 0 Å². The van der Waals surface area contributed by atoms with Crippen LogP contribution in [0.5, 0.6) is 0 Å². The molecule has 6 heteroatoms. The molecule has 0 aromatic carbocycles. The highest BCUT2D eigenvalue weighted by Gasteiger charge is 2.22. The van der Waals surface area contributed by atoms with Crippen LogP contribution in [-0.2, 0) is 7.05 Å². The van der Waals surface area contributed by atoms with E-state index < -0.39 is 6.10 Å². The topological polar surface area (TPSA) is 58.4 Å². The molecular formula is C15H21N3O2S. The van der Waals surface area contributed by atoms with Crippen molar-refractivity contribution in [2.45, 2.75) is 39.2 Å². The molecule has 0 spiro atoms. The molecular weight excluding hydrogens is 286 g/mol. The summed E-state index contributed by atoms with van der Waals surface area (Å²) in [7, 11) is 1.79.